The molecular weight excluding hydrogens is 368 g/mol. The fourth-order valence-corrected chi connectivity index (χ4v) is 3.17. The number of anilines is 1. The summed E-state index contributed by atoms with van der Waals surface area (Å²) in [5.41, 5.74) is 1.37. The lowest BCUT2D eigenvalue weighted by molar-refractivity contribution is -0.125. The number of hydrogen-bond acceptors (Lipinski definition) is 5. The third kappa shape index (κ3) is 3.81. The minimum Gasteiger partial charge on any atom is -0.448 e. The number of esters is 1. The van der Waals surface area contributed by atoms with Crippen molar-refractivity contribution in [3.05, 3.63) is 58.6 Å². The lowest BCUT2D eigenvalue weighted by atomic mass is 9.98. The van der Waals surface area contributed by atoms with Crippen LogP contribution in [-0.2, 0) is 26.0 Å². The molecule has 9 heteroatoms. The summed E-state index contributed by atoms with van der Waals surface area (Å²) >= 11 is 5.92. The molecule has 1 atom stereocenters. The molecule has 0 saturated heterocycles. The summed E-state index contributed by atoms with van der Waals surface area (Å²) in [6.07, 6.45) is -0.806. The van der Waals surface area contributed by atoms with Crippen LogP contribution in [0.25, 0.3) is 0 Å². The zero-order chi connectivity index (χ0) is 18.2. The van der Waals surface area contributed by atoms with Crippen LogP contribution in [0.3, 0.4) is 0 Å². The molecule has 0 bridgehead atoms. The number of nitrogens with one attached hydrogen (secondary N) is 1. The average Bonchev–Trinajstić information content (AvgIpc) is 2.54. The molecule has 3 rings (SSSR count). The summed E-state index contributed by atoms with van der Waals surface area (Å²) in [6.45, 7) is 0. The minimum absolute atomic E-state index is 0.0711. The third-order valence-electron chi connectivity index (χ3n) is 3.68. The van der Waals surface area contributed by atoms with Crippen molar-refractivity contribution in [3.63, 3.8) is 0 Å². The number of primary sulfonamides is 1. The van der Waals surface area contributed by atoms with Crippen molar-refractivity contribution >= 4 is 39.2 Å². The number of ether oxygens (including phenoxy) is 1. The maximum atomic E-state index is 12.3. The number of cyclic esters (lactones) is 1. The molecule has 130 valence electrons. The summed E-state index contributed by atoms with van der Waals surface area (Å²) in [7, 11) is -3.81. The SMILES string of the molecule is NS(=O)(=O)c1ccc(NC(=O)[C@H]2Cc3cc(Cl)ccc3C(=O)O2)cc1. The molecule has 25 heavy (non-hydrogen) atoms. The molecule has 0 unspecified atom stereocenters. The van der Waals surface area contributed by atoms with Crippen molar-refractivity contribution in [2.45, 2.75) is 17.4 Å². The average molecular weight is 381 g/mol. The molecule has 2 aromatic carbocycles. The van der Waals surface area contributed by atoms with Crippen LogP contribution in [0.5, 0.6) is 0 Å². The molecule has 3 N–H and O–H groups in total. The van der Waals surface area contributed by atoms with E-state index in [2.05, 4.69) is 5.32 Å². The third-order valence-corrected chi connectivity index (χ3v) is 4.85. The highest BCUT2D eigenvalue weighted by atomic mass is 35.5. The number of amides is 1. The fourth-order valence-electron chi connectivity index (χ4n) is 2.46. The molecule has 0 aliphatic carbocycles. The van der Waals surface area contributed by atoms with E-state index in [1.165, 1.54) is 24.3 Å². The van der Waals surface area contributed by atoms with E-state index in [-0.39, 0.29) is 11.3 Å². The predicted molar refractivity (Wildman–Crippen MR) is 90.8 cm³/mol. The molecule has 1 amide bonds. The van der Waals surface area contributed by atoms with Crippen LogP contribution in [0.4, 0.5) is 5.69 Å². The van der Waals surface area contributed by atoms with Crippen LogP contribution in [0, 0.1) is 0 Å². The van der Waals surface area contributed by atoms with Crippen LogP contribution in [0.15, 0.2) is 47.4 Å². The number of benzene rings is 2. The van der Waals surface area contributed by atoms with Gasteiger partial charge in [-0.2, -0.15) is 0 Å². The molecule has 1 heterocycles. The van der Waals surface area contributed by atoms with E-state index in [0.29, 0.717) is 21.8 Å². The smallest absolute Gasteiger partial charge is 0.339 e. The molecule has 7 nitrogen and oxygen atoms in total. The molecule has 0 fully saturated rings. The molecule has 1 aliphatic heterocycles. The first-order valence-electron chi connectivity index (χ1n) is 7.17. The zero-order valence-electron chi connectivity index (χ0n) is 12.7. The second-order valence-electron chi connectivity index (χ2n) is 5.46. The number of rotatable bonds is 3. The molecular formula is C16H13ClN2O5S. The van der Waals surface area contributed by atoms with Crippen LogP contribution >= 0.6 is 11.6 Å². The Labute approximate surface area is 148 Å². The standard InChI is InChI=1S/C16H13ClN2O5S/c17-10-1-6-13-9(7-10)8-14(24-16(13)21)15(20)19-11-2-4-12(5-3-11)25(18,22)23/h1-7,14H,8H2,(H,19,20)(H2,18,22,23)/t14-/m1/s1. The fraction of sp³-hybridized carbons (Fsp3) is 0.125. The first-order valence-corrected chi connectivity index (χ1v) is 9.09. The van der Waals surface area contributed by atoms with Gasteiger partial charge in [-0.25, -0.2) is 18.4 Å². The topological polar surface area (TPSA) is 116 Å². The quantitative estimate of drug-likeness (QED) is 0.786. The molecule has 1 aliphatic rings. The molecule has 0 aromatic heterocycles. The summed E-state index contributed by atoms with van der Waals surface area (Å²) in [6, 6.07) is 10.1. The summed E-state index contributed by atoms with van der Waals surface area (Å²) in [5.74, 6) is -1.12. The van der Waals surface area contributed by atoms with Crippen LogP contribution in [0.2, 0.25) is 5.02 Å². The van der Waals surface area contributed by atoms with Gasteiger partial charge in [0.25, 0.3) is 5.91 Å². The Morgan fingerprint density at radius 2 is 1.88 bits per heavy atom. The number of carbonyl (C=O) groups is 2. The Morgan fingerprint density at radius 3 is 2.52 bits per heavy atom. The monoisotopic (exact) mass is 380 g/mol. The van der Waals surface area contributed by atoms with E-state index in [0.717, 1.165) is 0 Å². The van der Waals surface area contributed by atoms with Crippen molar-refractivity contribution < 1.29 is 22.7 Å². The Balaban J connectivity index is 1.75. The zero-order valence-corrected chi connectivity index (χ0v) is 14.3. The lowest BCUT2D eigenvalue weighted by Gasteiger charge is -2.24. The van der Waals surface area contributed by atoms with Crippen molar-refractivity contribution in [3.8, 4) is 0 Å². The summed E-state index contributed by atoms with van der Waals surface area (Å²) in [5, 5.41) is 8.05. The maximum absolute atomic E-state index is 12.3. The number of nitrogens with two attached hydrogens (primary N) is 1. The number of halogens is 1. The van der Waals surface area contributed by atoms with Gasteiger partial charge >= 0.3 is 5.97 Å². The Morgan fingerprint density at radius 1 is 1.20 bits per heavy atom. The second kappa shape index (κ2) is 6.47. The van der Waals surface area contributed by atoms with Gasteiger partial charge in [0.15, 0.2) is 6.10 Å². The van der Waals surface area contributed by atoms with E-state index in [4.69, 9.17) is 21.5 Å². The van der Waals surface area contributed by atoms with Crippen molar-refractivity contribution in [2.24, 2.45) is 5.14 Å². The van der Waals surface area contributed by atoms with Gasteiger partial charge < -0.3 is 10.1 Å². The largest absolute Gasteiger partial charge is 0.448 e. The number of carbonyl (C=O) groups excluding carboxylic acids is 2. The van der Waals surface area contributed by atoms with E-state index in [1.54, 1.807) is 18.2 Å². The van der Waals surface area contributed by atoms with E-state index < -0.39 is 28.0 Å². The number of hydrogen-bond donors (Lipinski definition) is 2. The van der Waals surface area contributed by atoms with Crippen LogP contribution in [0.1, 0.15) is 15.9 Å². The van der Waals surface area contributed by atoms with Gasteiger partial charge in [-0.3, -0.25) is 4.79 Å². The highest BCUT2D eigenvalue weighted by Crippen LogP contribution is 2.25. The molecule has 0 radical (unpaired) electrons. The van der Waals surface area contributed by atoms with E-state index >= 15 is 0 Å². The number of fused-ring (bicyclic) bond motifs is 1. The van der Waals surface area contributed by atoms with Gasteiger partial charge in [0, 0.05) is 17.1 Å². The normalized spacial score (nSPS) is 16.7. The summed E-state index contributed by atoms with van der Waals surface area (Å²) in [4.78, 5) is 24.2. The summed E-state index contributed by atoms with van der Waals surface area (Å²) < 4.78 is 27.6. The lowest BCUT2D eigenvalue weighted by Crippen LogP contribution is -2.38. The van der Waals surface area contributed by atoms with E-state index in [9.17, 15) is 18.0 Å². The van der Waals surface area contributed by atoms with Gasteiger partial charge in [0.05, 0.1) is 10.5 Å². The molecule has 2 aromatic rings. The molecule has 0 spiro atoms. The predicted octanol–water partition coefficient (Wildman–Crippen LogP) is 1.71. The van der Waals surface area contributed by atoms with Gasteiger partial charge in [-0.05, 0) is 48.0 Å². The first kappa shape index (κ1) is 17.4. The van der Waals surface area contributed by atoms with E-state index in [1.807, 2.05) is 0 Å². The maximum Gasteiger partial charge on any atom is 0.339 e. The van der Waals surface area contributed by atoms with Gasteiger partial charge in [-0.1, -0.05) is 11.6 Å². The highest BCUT2D eigenvalue weighted by molar-refractivity contribution is 7.89. The van der Waals surface area contributed by atoms with Gasteiger partial charge in [-0.15, -0.1) is 0 Å². The molecule has 0 saturated carbocycles. The highest BCUT2D eigenvalue weighted by Gasteiger charge is 2.31. The first-order chi connectivity index (χ1) is 11.7. The Kier molecular flexibility index (Phi) is 4.51. The van der Waals surface area contributed by atoms with Crippen LogP contribution < -0.4 is 10.5 Å². The number of sulfonamides is 1. The second-order valence-corrected chi connectivity index (χ2v) is 7.46. The Hall–Kier alpha value is -2.42. The Bertz CT molecular complexity index is 957. The van der Waals surface area contributed by atoms with Gasteiger partial charge in [0.1, 0.15) is 0 Å². The van der Waals surface area contributed by atoms with Crippen molar-refractivity contribution in [1.29, 1.82) is 0 Å². The van der Waals surface area contributed by atoms with Gasteiger partial charge in [0.2, 0.25) is 10.0 Å². The van der Waals surface area contributed by atoms with Crippen molar-refractivity contribution in [2.75, 3.05) is 5.32 Å². The minimum atomic E-state index is -3.81. The van der Waals surface area contributed by atoms with Crippen LogP contribution in [-0.4, -0.2) is 26.4 Å². The van der Waals surface area contributed by atoms with Crippen molar-refractivity contribution in [1.82, 2.24) is 0 Å².